The first kappa shape index (κ1) is 31.4. The van der Waals surface area contributed by atoms with Crippen molar-refractivity contribution in [3.63, 3.8) is 0 Å². The fourth-order valence-electron chi connectivity index (χ4n) is 2.17. The van der Waals surface area contributed by atoms with Gasteiger partial charge in [-0.3, -0.25) is 0 Å². The number of thiol groups is 4. The quantitative estimate of drug-likeness (QED) is 0.100. The summed E-state index contributed by atoms with van der Waals surface area (Å²) in [6.45, 7) is 0.615. The van der Waals surface area contributed by atoms with Crippen LogP contribution in [0.1, 0.15) is 11.1 Å². The molecule has 11 heteroatoms. The fourth-order valence-corrected chi connectivity index (χ4v) is 7.35. The maximum Gasteiger partial charge on any atom is 0.235 e. The maximum atomic E-state index is 9.87. The highest BCUT2D eigenvalue weighted by molar-refractivity contribution is 8.06. The Balaban J connectivity index is 0.000000590. The molecule has 0 radical (unpaired) electrons. The van der Waals surface area contributed by atoms with Crippen LogP contribution in [0.3, 0.4) is 0 Å². The van der Waals surface area contributed by atoms with Crippen LogP contribution in [-0.4, -0.2) is 68.7 Å². The van der Waals surface area contributed by atoms with Crippen LogP contribution >= 0.6 is 85.8 Å². The average molecular weight is 555 g/mol. The summed E-state index contributed by atoms with van der Waals surface area (Å²) in [5.74, 6) is 8.44. The van der Waals surface area contributed by atoms with Crippen LogP contribution in [0.5, 0.6) is 0 Å². The van der Waals surface area contributed by atoms with Crippen LogP contribution in [0.15, 0.2) is 34.3 Å². The van der Waals surface area contributed by atoms with Crippen LogP contribution in [0.2, 0.25) is 0 Å². The van der Waals surface area contributed by atoms with E-state index in [0.717, 1.165) is 45.6 Å². The summed E-state index contributed by atoms with van der Waals surface area (Å²) < 4.78 is 0. The van der Waals surface area contributed by atoms with Gasteiger partial charge in [-0.1, -0.05) is 24.3 Å². The zero-order valence-electron chi connectivity index (χ0n) is 17.3. The zero-order valence-corrected chi connectivity index (χ0v) is 23.3. The number of isocyanates is 2. The summed E-state index contributed by atoms with van der Waals surface area (Å²) in [5.41, 5.74) is 1.79. The van der Waals surface area contributed by atoms with Gasteiger partial charge in [0.15, 0.2) is 0 Å². The minimum Gasteiger partial charge on any atom is -0.211 e. The van der Waals surface area contributed by atoms with Crippen molar-refractivity contribution in [2.75, 3.05) is 46.0 Å². The molecule has 0 heterocycles. The number of hydrogen-bond acceptors (Lipinski definition) is 11. The highest BCUT2D eigenvalue weighted by atomic mass is 32.2. The van der Waals surface area contributed by atoms with Crippen molar-refractivity contribution >= 4 is 98.0 Å². The predicted octanol–water partition coefficient (Wildman–Crippen LogP) is 5.00. The number of nitrogens with zero attached hydrogens (tertiary/aromatic N) is 2. The second-order valence-electron chi connectivity index (χ2n) is 5.98. The summed E-state index contributed by atoms with van der Waals surface area (Å²) in [5, 5.41) is 1.27. The minimum absolute atomic E-state index is 0.308. The van der Waals surface area contributed by atoms with Gasteiger partial charge < -0.3 is 0 Å². The molecule has 4 nitrogen and oxygen atoms in total. The lowest BCUT2D eigenvalue weighted by atomic mass is 10.1. The molecule has 0 spiro atoms. The molecule has 2 atom stereocenters. The number of benzene rings is 1. The van der Waals surface area contributed by atoms with Gasteiger partial charge in [0.1, 0.15) is 0 Å². The van der Waals surface area contributed by atoms with Crippen molar-refractivity contribution in [2.24, 2.45) is 9.98 Å². The Morgan fingerprint density at radius 1 is 0.806 bits per heavy atom. The fraction of sp³-hybridized carbons (Fsp3) is 0.600. The lowest BCUT2D eigenvalue weighted by molar-refractivity contribution is 0.562. The molecule has 174 valence electrons. The van der Waals surface area contributed by atoms with E-state index in [9.17, 15) is 9.59 Å². The second kappa shape index (κ2) is 23.6. The SMILES string of the molecule is O=C=NCc1cccc(CN=C=O)c1.SCCSCC(CS)SC(CS)CSCCS. The minimum atomic E-state index is 0.308. The standard InChI is InChI=1S/C10H8N2O2.C10H22S7/c13-7-11-5-9-2-1-3-10(4-9)6-12-8-14;11-1-3-15-7-9(5-13)17-10(6-14)8-16-4-2-12/h1-4H,5-6H2;9-14H,1-8H2. The Bertz CT molecular complexity index is 617. The third-order valence-corrected chi connectivity index (χ3v) is 10.1. The molecular weight excluding hydrogens is 525 g/mol. The number of aliphatic imine (C=N–C) groups is 2. The third kappa shape index (κ3) is 18.5. The van der Waals surface area contributed by atoms with Crippen molar-refractivity contribution in [3.8, 4) is 0 Å². The van der Waals surface area contributed by atoms with E-state index in [4.69, 9.17) is 0 Å². The first-order chi connectivity index (χ1) is 15.1. The molecule has 0 aliphatic carbocycles. The number of hydrogen-bond donors (Lipinski definition) is 4. The van der Waals surface area contributed by atoms with Crippen LogP contribution in [-0.2, 0) is 22.7 Å². The average Bonchev–Trinajstić information content (AvgIpc) is 2.80. The van der Waals surface area contributed by atoms with Crippen molar-refractivity contribution in [1.82, 2.24) is 0 Å². The Hall–Kier alpha value is 0.430. The molecule has 0 saturated carbocycles. The van der Waals surface area contributed by atoms with E-state index in [1.165, 1.54) is 23.7 Å². The highest BCUT2D eigenvalue weighted by Gasteiger charge is 2.15. The van der Waals surface area contributed by atoms with Crippen molar-refractivity contribution in [1.29, 1.82) is 0 Å². The molecule has 31 heavy (non-hydrogen) atoms. The Morgan fingerprint density at radius 3 is 1.61 bits per heavy atom. The molecule has 0 saturated heterocycles. The molecule has 0 aromatic heterocycles. The molecule has 1 aromatic rings. The van der Waals surface area contributed by atoms with Crippen LogP contribution in [0, 0.1) is 0 Å². The van der Waals surface area contributed by atoms with E-state index in [1.54, 1.807) is 0 Å². The van der Waals surface area contributed by atoms with Gasteiger partial charge in [0.05, 0.1) is 13.1 Å². The van der Waals surface area contributed by atoms with Gasteiger partial charge in [-0.2, -0.15) is 85.8 Å². The van der Waals surface area contributed by atoms with Gasteiger partial charge in [0.25, 0.3) is 0 Å². The van der Waals surface area contributed by atoms with Gasteiger partial charge in [0.2, 0.25) is 12.2 Å². The summed E-state index contributed by atoms with van der Waals surface area (Å²) in [4.78, 5) is 26.6. The van der Waals surface area contributed by atoms with Crippen LogP contribution in [0.25, 0.3) is 0 Å². The van der Waals surface area contributed by atoms with Gasteiger partial charge in [0, 0.05) is 45.0 Å². The van der Waals surface area contributed by atoms with E-state index in [1.807, 2.05) is 59.6 Å². The topological polar surface area (TPSA) is 58.9 Å². The molecule has 1 aromatic carbocycles. The van der Waals surface area contributed by atoms with Gasteiger partial charge in [-0.25, -0.2) is 19.6 Å². The van der Waals surface area contributed by atoms with Crippen molar-refractivity contribution < 1.29 is 9.59 Å². The Kier molecular flexibility index (Phi) is 23.9. The largest absolute Gasteiger partial charge is 0.235 e. The molecule has 0 N–H and O–H groups in total. The third-order valence-electron chi connectivity index (χ3n) is 3.51. The first-order valence-electron chi connectivity index (χ1n) is 9.54. The Morgan fingerprint density at radius 2 is 1.26 bits per heavy atom. The van der Waals surface area contributed by atoms with E-state index in [2.05, 4.69) is 60.5 Å². The van der Waals surface area contributed by atoms with Crippen LogP contribution in [0.4, 0.5) is 0 Å². The maximum absolute atomic E-state index is 9.87. The molecule has 0 aliphatic heterocycles. The predicted molar refractivity (Wildman–Crippen MR) is 155 cm³/mol. The molecule has 1 rings (SSSR count). The number of carbonyl (C=O) groups excluding carboxylic acids is 2. The highest BCUT2D eigenvalue weighted by Crippen LogP contribution is 2.26. The van der Waals surface area contributed by atoms with E-state index in [0.29, 0.717) is 23.6 Å². The summed E-state index contributed by atoms with van der Waals surface area (Å²) in [6, 6.07) is 7.34. The molecule has 0 fully saturated rings. The van der Waals surface area contributed by atoms with E-state index >= 15 is 0 Å². The van der Waals surface area contributed by atoms with Crippen molar-refractivity contribution in [2.45, 2.75) is 23.6 Å². The van der Waals surface area contributed by atoms with Gasteiger partial charge in [-0.05, 0) is 22.6 Å². The normalized spacial score (nSPS) is 12.0. The molecule has 0 aliphatic rings. The summed E-state index contributed by atoms with van der Waals surface area (Å²) in [7, 11) is 0. The second-order valence-corrected chi connectivity index (χ2v) is 11.5. The van der Waals surface area contributed by atoms with Gasteiger partial charge >= 0.3 is 0 Å². The van der Waals surface area contributed by atoms with E-state index < -0.39 is 0 Å². The Labute approximate surface area is 221 Å². The molecule has 0 amide bonds. The van der Waals surface area contributed by atoms with E-state index in [-0.39, 0.29) is 0 Å². The monoisotopic (exact) mass is 554 g/mol. The molecule has 2 unspecified atom stereocenters. The number of thioether (sulfide) groups is 3. The number of rotatable bonds is 16. The smallest absolute Gasteiger partial charge is 0.211 e. The van der Waals surface area contributed by atoms with Crippen LogP contribution < -0.4 is 0 Å². The van der Waals surface area contributed by atoms with Gasteiger partial charge in [-0.15, -0.1) is 0 Å². The molecular formula is C20H30N2O2S7. The summed E-state index contributed by atoms with van der Waals surface area (Å²) >= 11 is 23.3. The lowest BCUT2D eigenvalue weighted by Crippen LogP contribution is -2.19. The van der Waals surface area contributed by atoms with Crippen molar-refractivity contribution in [3.05, 3.63) is 35.4 Å². The molecule has 0 bridgehead atoms. The lowest BCUT2D eigenvalue weighted by Gasteiger charge is -2.20. The first-order valence-corrected chi connectivity index (χ1v) is 15.3. The summed E-state index contributed by atoms with van der Waals surface area (Å²) in [6.07, 6.45) is 2.94. The zero-order chi connectivity index (χ0) is 23.2.